The fourth-order valence-corrected chi connectivity index (χ4v) is 5.09. The minimum Gasteiger partial charge on any atom is -0.323 e. The molecule has 6 nitrogen and oxygen atoms in total. The largest absolute Gasteiger partial charge is 0.323 e. The molecular weight excluding hydrogens is 410 g/mol. The van der Waals surface area contributed by atoms with Gasteiger partial charge in [0.15, 0.2) is 0 Å². The zero-order valence-electron chi connectivity index (χ0n) is 18.7. The second-order valence-corrected chi connectivity index (χ2v) is 9.39. The highest BCUT2D eigenvalue weighted by Gasteiger charge is 2.30. The van der Waals surface area contributed by atoms with Crippen LogP contribution in [0.4, 0.5) is 0 Å². The van der Waals surface area contributed by atoms with Gasteiger partial charge in [-0.15, -0.1) is 6.42 Å². The number of terminal acetylenes is 1. The Labute approximate surface area is 193 Å². The molecule has 1 aliphatic heterocycles. The van der Waals surface area contributed by atoms with Gasteiger partial charge in [-0.05, 0) is 42.0 Å². The van der Waals surface area contributed by atoms with Gasteiger partial charge in [0.05, 0.1) is 18.4 Å². The fraction of sp³-hybridized carbons (Fsp3) is 0.333. The summed E-state index contributed by atoms with van der Waals surface area (Å²) in [6, 6.07) is 11.5. The Kier molecular flexibility index (Phi) is 5.23. The molecule has 33 heavy (non-hydrogen) atoms. The van der Waals surface area contributed by atoms with E-state index in [2.05, 4.69) is 35.2 Å². The Bertz CT molecular complexity index is 1320. The third-order valence-electron chi connectivity index (χ3n) is 6.85. The Morgan fingerprint density at radius 2 is 1.97 bits per heavy atom. The second-order valence-electron chi connectivity index (χ2n) is 9.39. The van der Waals surface area contributed by atoms with Gasteiger partial charge in [-0.2, -0.15) is 10.4 Å². The number of hydrogen-bond donors (Lipinski definition) is 0. The molecule has 2 aliphatic rings. The highest BCUT2D eigenvalue weighted by atomic mass is 16.2. The van der Waals surface area contributed by atoms with Gasteiger partial charge in [0.1, 0.15) is 11.8 Å². The normalized spacial score (nSPS) is 16.5. The molecule has 0 radical (unpaired) electrons. The summed E-state index contributed by atoms with van der Waals surface area (Å²) < 4.78 is 2.02. The number of aromatic nitrogens is 3. The molecule has 6 heteroatoms. The molecule has 0 saturated heterocycles. The molecule has 1 fully saturated rings. The van der Waals surface area contributed by atoms with E-state index >= 15 is 0 Å². The van der Waals surface area contributed by atoms with E-state index in [-0.39, 0.29) is 12.5 Å². The van der Waals surface area contributed by atoms with Gasteiger partial charge < -0.3 is 4.90 Å². The van der Waals surface area contributed by atoms with Crippen LogP contribution >= 0.6 is 0 Å². The molecule has 0 atom stereocenters. The third-order valence-corrected chi connectivity index (χ3v) is 6.85. The van der Waals surface area contributed by atoms with Crippen molar-refractivity contribution in [2.45, 2.75) is 45.7 Å². The molecule has 0 spiro atoms. The Balaban J connectivity index is 1.52. The van der Waals surface area contributed by atoms with Gasteiger partial charge in [0.2, 0.25) is 0 Å². The lowest BCUT2D eigenvalue weighted by Crippen LogP contribution is -2.23. The number of benzene rings is 1. The minimum absolute atomic E-state index is 0.0691. The van der Waals surface area contributed by atoms with E-state index in [9.17, 15) is 10.1 Å². The second kappa shape index (κ2) is 8.22. The Morgan fingerprint density at radius 3 is 2.73 bits per heavy atom. The summed E-state index contributed by atoms with van der Waals surface area (Å²) in [5.74, 6) is 2.48. The first-order valence-corrected chi connectivity index (χ1v) is 11.3. The molecule has 1 saturated carbocycles. The first-order chi connectivity index (χ1) is 16.0. The average molecular weight is 436 g/mol. The summed E-state index contributed by atoms with van der Waals surface area (Å²) in [6.45, 7) is 4.03. The molecular formula is C27H25N5O. The lowest BCUT2D eigenvalue weighted by molar-refractivity contribution is 0.0799. The fourth-order valence-electron chi connectivity index (χ4n) is 5.09. The molecule has 1 aliphatic carbocycles. The average Bonchev–Trinajstić information content (AvgIpc) is 3.54. The predicted octanol–water partition coefficient (Wildman–Crippen LogP) is 4.65. The van der Waals surface area contributed by atoms with E-state index in [0.717, 1.165) is 28.8 Å². The summed E-state index contributed by atoms with van der Waals surface area (Å²) in [7, 11) is 0. The third kappa shape index (κ3) is 3.90. The maximum Gasteiger partial charge on any atom is 0.255 e. The molecule has 3 aromatic rings. The van der Waals surface area contributed by atoms with Crippen molar-refractivity contribution in [1.29, 1.82) is 5.26 Å². The quantitative estimate of drug-likeness (QED) is 0.547. The molecule has 2 aromatic heterocycles. The van der Waals surface area contributed by atoms with E-state index < -0.39 is 0 Å². The van der Waals surface area contributed by atoms with Crippen LogP contribution in [0, 0.1) is 29.1 Å². The number of amides is 1. The van der Waals surface area contributed by atoms with E-state index in [4.69, 9.17) is 6.42 Å². The van der Waals surface area contributed by atoms with E-state index in [0.29, 0.717) is 28.9 Å². The van der Waals surface area contributed by atoms with E-state index in [1.54, 1.807) is 11.0 Å². The topological polar surface area (TPSA) is 74.8 Å². The van der Waals surface area contributed by atoms with Crippen LogP contribution in [-0.2, 0) is 13.1 Å². The van der Waals surface area contributed by atoms with Crippen LogP contribution in [0.2, 0.25) is 0 Å². The monoisotopic (exact) mass is 435 g/mol. The lowest BCUT2D eigenvalue weighted by atomic mass is 9.89. The van der Waals surface area contributed by atoms with Gasteiger partial charge in [0, 0.05) is 41.5 Å². The van der Waals surface area contributed by atoms with Crippen LogP contribution in [0.25, 0.3) is 22.4 Å². The van der Waals surface area contributed by atoms with E-state index in [1.165, 1.54) is 25.7 Å². The van der Waals surface area contributed by atoms with E-state index in [1.807, 2.05) is 35.1 Å². The van der Waals surface area contributed by atoms with Crippen LogP contribution in [0.1, 0.15) is 54.2 Å². The SMILES string of the molecule is C#CCN1Cc2ccc(-c3nc(C#N)ccc3-c3cnn(CC4(C)CCCC4)c3)cc2C1=O. The van der Waals surface area contributed by atoms with Gasteiger partial charge in [-0.3, -0.25) is 9.48 Å². The number of nitrogens with zero attached hydrogens (tertiary/aromatic N) is 5. The highest BCUT2D eigenvalue weighted by Crippen LogP contribution is 2.39. The molecule has 5 rings (SSSR count). The molecule has 3 heterocycles. The molecule has 0 N–H and O–H groups in total. The maximum absolute atomic E-state index is 12.8. The first-order valence-electron chi connectivity index (χ1n) is 11.3. The van der Waals surface area contributed by atoms with Crippen molar-refractivity contribution in [3.8, 4) is 40.8 Å². The number of hydrogen-bond acceptors (Lipinski definition) is 4. The lowest BCUT2D eigenvalue weighted by Gasteiger charge is -2.22. The first kappa shape index (κ1) is 21.0. The number of fused-ring (bicyclic) bond motifs is 1. The van der Waals surface area contributed by atoms with Crippen LogP contribution < -0.4 is 0 Å². The van der Waals surface area contributed by atoms with Crippen molar-refractivity contribution in [2.24, 2.45) is 5.41 Å². The number of carbonyl (C=O) groups is 1. The maximum atomic E-state index is 12.8. The van der Waals surface area contributed by atoms with Crippen molar-refractivity contribution in [1.82, 2.24) is 19.7 Å². The summed E-state index contributed by atoms with van der Waals surface area (Å²) in [6.07, 6.45) is 14.3. The number of rotatable bonds is 5. The molecule has 1 aromatic carbocycles. The highest BCUT2D eigenvalue weighted by molar-refractivity contribution is 6.00. The van der Waals surface area contributed by atoms with Crippen molar-refractivity contribution < 1.29 is 4.79 Å². The number of nitriles is 1. The Morgan fingerprint density at radius 1 is 1.15 bits per heavy atom. The van der Waals surface area contributed by atoms with Crippen molar-refractivity contribution >= 4 is 5.91 Å². The number of pyridine rings is 1. The summed E-state index contributed by atoms with van der Waals surface area (Å²) in [4.78, 5) is 19.1. The minimum atomic E-state index is -0.0691. The van der Waals surface area contributed by atoms with Gasteiger partial charge >= 0.3 is 0 Å². The van der Waals surface area contributed by atoms with Gasteiger partial charge in [-0.1, -0.05) is 37.8 Å². The van der Waals surface area contributed by atoms with Crippen LogP contribution in [0.5, 0.6) is 0 Å². The molecule has 0 bridgehead atoms. The van der Waals surface area contributed by atoms with Gasteiger partial charge in [-0.25, -0.2) is 4.98 Å². The zero-order valence-corrected chi connectivity index (χ0v) is 18.7. The van der Waals surface area contributed by atoms with Crippen molar-refractivity contribution in [3.63, 3.8) is 0 Å². The summed E-state index contributed by atoms with van der Waals surface area (Å²) in [5, 5.41) is 14.1. The standard InChI is InChI=1S/C27H25N5O/c1-3-12-31-16-20-7-6-19(13-24(20)26(31)33)25-23(9-8-22(14-28)30-25)21-15-29-32(17-21)18-27(2)10-4-5-11-27/h1,6-9,13,15,17H,4-5,10-12,16,18H2,2H3. The molecule has 0 unspecified atom stereocenters. The van der Waals surface area contributed by atoms with Gasteiger partial charge in [0.25, 0.3) is 5.91 Å². The Hall–Kier alpha value is -3.90. The number of carbonyl (C=O) groups excluding carboxylic acids is 1. The molecule has 1 amide bonds. The van der Waals surface area contributed by atoms with Crippen molar-refractivity contribution in [3.05, 3.63) is 59.5 Å². The summed E-state index contributed by atoms with van der Waals surface area (Å²) in [5.41, 5.74) is 5.53. The van der Waals surface area contributed by atoms with Crippen LogP contribution in [0.15, 0.2) is 42.7 Å². The summed E-state index contributed by atoms with van der Waals surface area (Å²) >= 11 is 0. The van der Waals surface area contributed by atoms with Crippen molar-refractivity contribution in [2.75, 3.05) is 6.54 Å². The van der Waals surface area contributed by atoms with Crippen LogP contribution in [0.3, 0.4) is 0 Å². The predicted molar refractivity (Wildman–Crippen MR) is 126 cm³/mol. The molecule has 164 valence electrons. The van der Waals surface area contributed by atoms with Crippen LogP contribution in [-0.4, -0.2) is 32.1 Å². The zero-order chi connectivity index (χ0) is 23.0. The smallest absolute Gasteiger partial charge is 0.255 e.